The fraction of sp³-hybridized carbons (Fsp3) is 0.0476. The highest BCUT2D eigenvalue weighted by Crippen LogP contribution is 2.40. The van der Waals surface area contributed by atoms with Gasteiger partial charge in [-0.25, -0.2) is 8.42 Å². The third-order valence-electron chi connectivity index (χ3n) is 4.48. The Bertz CT molecular complexity index is 1320. The van der Waals surface area contributed by atoms with Gasteiger partial charge in [0.2, 0.25) is 9.84 Å². The first kappa shape index (κ1) is 20.4. The summed E-state index contributed by atoms with van der Waals surface area (Å²) < 4.78 is 37.2. The van der Waals surface area contributed by atoms with Gasteiger partial charge in [0.1, 0.15) is 17.2 Å². The first-order chi connectivity index (χ1) is 14.3. The number of rotatable bonds is 5. The lowest BCUT2D eigenvalue weighted by Gasteiger charge is -2.10. The molecule has 0 aliphatic heterocycles. The number of nitrogens with one attached hydrogen (secondary N) is 1. The molecule has 1 aromatic heterocycles. The van der Waals surface area contributed by atoms with Crippen molar-refractivity contribution in [1.82, 2.24) is 4.98 Å². The second-order valence-electron chi connectivity index (χ2n) is 6.38. The van der Waals surface area contributed by atoms with Crippen LogP contribution in [0.3, 0.4) is 0 Å². The minimum Gasteiger partial charge on any atom is -0.508 e. The third kappa shape index (κ3) is 3.67. The number of benzene rings is 3. The molecule has 0 saturated carbocycles. The summed E-state index contributed by atoms with van der Waals surface area (Å²) in [4.78, 5) is 3.21. The molecule has 6 nitrogen and oxygen atoms in total. The van der Waals surface area contributed by atoms with E-state index in [4.69, 9.17) is 32.7 Å². The topological polar surface area (TPSA) is 88.6 Å². The Balaban J connectivity index is 1.76. The van der Waals surface area contributed by atoms with Crippen molar-refractivity contribution in [2.75, 3.05) is 7.11 Å². The molecule has 0 spiro atoms. The van der Waals surface area contributed by atoms with Gasteiger partial charge < -0.3 is 19.6 Å². The Labute approximate surface area is 182 Å². The molecule has 3 aromatic carbocycles. The van der Waals surface area contributed by atoms with Gasteiger partial charge in [-0.3, -0.25) is 0 Å². The van der Waals surface area contributed by atoms with Crippen LogP contribution in [0, 0.1) is 0 Å². The van der Waals surface area contributed by atoms with E-state index in [-0.39, 0.29) is 31.3 Å². The van der Waals surface area contributed by atoms with Crippen LogP contribution in [0.15, 0.2) is 70.6 Å². The van der Waals surface area contributed by atoms with Gasteiger partial charge in [0.05, 0.1) is 26.9 Å². The van der Waals surface area contributed by atoms with E-state index < -0.39 is 9.84 Å². The highest BCUT2D eigenvalue weighted by molar-refractivity contribution is 7.91. The third-order valence-corrected chi connectivity index (χ3v) is 6.85. The number of H-pyrrole nitrogens is 1. The smallest absolute Gasteiger partial charge is 0.208 e. The fourth-order valence-electron chi connectivity index (χ4n) is 3.00. The standard InChI is InChI=1S/C21H15Cl2NO5S/c1-28-13-2-5-15(6-3-13)30(26,27)20-11-24-19-7-4-14(10-16(19)20)29-21-17(22)8-12(25)9-18(21)23/h2-11,24-25H,1H3. The van der Waals surface area contributed by atoms with Crippen molar-refractivity contribution < 1.29 is 23.0 Å². The normalized spacial score (nSPS) is 11.6. The van der Waals surface area contributed by atoms with Crippen LogP contribution >= 0.6 is 23.2 Å². The van der Waals surface area contributed by atoms with Crippen LogP contribution < -0.4 is 9.47 Å². The molecule has 0 atom stereocenters. The van der Waals surface area contributed by atoms with Crippen LogP contribution in [0.5, 0.6) is 23.0 Å². The average Bonchev–Trinajstić information content (AvgIpc) is 3.15. The van der Waals surface area contributed by atoms with Gasteiger partial charge in [0, 0.05) is 29.2 Å². The monoisotopic (exact) mass is 463 g/mol. The zero-order valence-electron chi connectivity index (χ0n) is 15.5. The molecule has 0 saturated heterocycles. The summed E-state index contributed by atoms with van der Waals surface area (Å²) >= 11 is 12.2. The van der Waals surface area contributed by atoms with E-state index in [9.17, 15) is 13.5 Å². The fourth-order valence-corrected chi connectivity index (χ4v) is 4.98. The van der Waals surface area contributed by atoms with Crippen LogP contribution in [-0.4, -0.2) is 25.6 Å². The zero-order valence-corrected chi connectivity index (χ0v) is 17.8. The molecular weight excluding hydrogens is 449 g/mol. The van der Waals surface area contributed by atoms with E-state index in [1.807, 2.05) is 0 Å². The number of hydrogen-bond donors (Lipinski definition) is 2. The van der Waals surface area contributed by atoms with E-state index in [2.05, 4.69) is 4.98 Å². The summed E-state index contributed by atoms with van der Waals surface area (Å²) in [6, 6.07) is 13.7. The minimum atomic E-state index is -3.79. The van der Waals surface area contributed by atoms with Gasteiger partial charge in [-0.2, -0.15) is 0 Å². The number of phenolic OH excluding ortho intramolecular Hbond substituents is 1. The Morgan fingerprint density at radius 3 is 2.20 bits per heavy atom. The summed E-state index contributed by atoms with van der Waals surface area (Å²) in [6.07, 6.45) is 1.44. The van der Waals surface area contributed by atoms with E-state index in [0.717, 1.165) is 0 Å². The van der Waals surface area contributed by atoms with E-state index in [1.165, 1.54) is 37.6 Å². The molecule has 4 aromatic rings. The number of aromatic nitrogens is 1. The maximum absolute atomic E-state index is 13.2. The zero-order chi connectivity index (χ0) is 21.5. The predicted molar refractivity (Wildman–Crippen MR) is 115 cm³/mol. The quantitative estimate of drug-likeness (QED) is 0.389. The predicted octanol–water partition coefficient (Wildman–Crippen LogP) is 5.81. The molecule has 154 valence electrons. The van der Waals surface area contributed by atoms with Crippen molar-refractivity contribution in [2.45, 2.75) is 9.79 Å². The number of ether oxygens (including phenoxy) is 2. The summed E-state index contributed by atoms with van der Waals surface area (Å²) in [5.41, 5.74) is 0.623. The molecule has 0 radical (unpaired) electrons. The summed E-state index contributed by atoms with van der Waals surface area (Å²) in [5, 5.41) is 10.3. The van der Waals surface area contributed by atoms with Crippen LogP contribution in [0.2, 0.25) is 10.0 Å². The van der Waals surface area contributed by atoms with E-state index >= 15 is 0 Å². The van der Waals surface area contributed by atoms with Gasteiger partial charge in [-0.05, 0) is 42.5 Å². The first-order valence-electron chi connectivity index (χ1n) is 8.66. The molecule has 1 heterocycles. The van der Waals surface area contributed by atoms with Crippen LogP contribution in [-0.2, 0) is 9.84 Å². The molecule has 0 bridgehead atoms. The molecule has 0 fully saturated rings. The summed E-state index contributed by atoms with van der Waals surface area (Å²) in [6.45, 7) is 0. The lowest BCUT2D eigenvalue weighted by Crippen LogP contribution is -2.01. The summed E-state index contributed by atoms with van der Waals surface area (Å²) in [5.74, 6) is 0.964. The molecule has 4 rings (SSSR count). The Kier molecular flexibility index (Phi) is 5.27. The molecular formula is C21H15Cl2NO5S. The van der Waals surface area contributed by atoms with Crippen LogP contribution in [0.4, 0.5) is 0 Å². The highest BCUT2D eigenvalue weighted by atomic mass is 35.5. The number of halogens is 2. The van der Waals surface area contributed by atoms with Crippen molar-refractivity contribution in [1.29, 1.82) is 0 Å². The highest BCUT2D eigenvalue weighted by Gasteiger charge is 2.22. The van der Waals surface area contributed by atoms with Gasteiger partial charge >= 0.3 is 0 Å². The Hall–Kier alpha value is -2.87. The van der Waals surface area contributed by atoms with Gasteiger partial charge in [0.25, 0.3) is 0 Å². The molecule has 30 heavy (non-hydrogen) atoms. The number of methoxy groups -OCH3 is 1. The number of sulfone groups is 1. The summed E-state index contributed by atoms with van der Waals surface area (Å²) in [7, 11) is -2.28. The SMILES string of the molecule is COc1ccc(S(=O)(=O)c2c[nH]c3ccc(Oc4c(Cl)cc(O)cc4Cl)cc23)cc1. The lowest BCUT2D eigenvalue weighted by molar-refractivity contribution is 0.414. The largest absolute Gasteiger partial charge is 0.508 e. The first-order valence-corrected chi connectivity index (χ1v) is 10.9. The number of aromatic hydroxyl groups is 1. The number of hydrogen-bond acceptors (Lipinski definition) is 5. The molecule has 0 aliphatic carbocycles. The Morgan fingerprint density at radius 1 is 0.933 bits per heavy atom. The maximum atomic E-state index is 13.2. The molecule has 0 amide bonds. The Morgan fingerprint density at radius 2 is 1.57 bits per heavy atom. The average molecular weight is 464 g/mol. The molecule has 2 N–H and O–H groups in total. The van der Waals surface area contributed by atoms with Gasteiger partial charge in [0.15, 0.2) is 5.75 Å². The lowest BCUT2D eigenvalue weighted by atomic mass is 10.2. The van der Waals surface area contributed by atoms with Crippen molar-refractivity contribution in [2.24, 2.45) is 0 Å². The number of aromatic amines is 1. The van der Waals surface area contributed by atoms with Crippen molar-refractivity contribution >= 4 is 43.9 Å². The van der Waals surface area contributed by atoms with Crippen LogP contribution in [0.25, 0.3) is 10.9 Å². The van der Waals surface area contributed by atoms with Gasteiger partial charge in [-0.1, -0.05) is 23.2 Å². The molecule has 0 aliphatic rings. The second-order valence-corrected chi connectivity index (χ2v) is 9.11. The van der Waals surface area contributed by atoms with Crippen molar-refractivity contribution in [3.63, 3.8) is 0 Å². The number of phenols is 1. The minimum absolute atomic E-state index is 0.0914. The van der Waals surface area contributed by atoms with Crippen LogP contribution in [0.1, 0.15) is 0 Å². The number of fused-ring (bicyclic) bond motifs is 1. The second kappa shape index (κ2) is 7.75. The van der Waals surface area contributed by atoms with Gasteiger partial charge in [-0.15, -0.1) is 0 Å². The van der Waals surface area contributed by atoms with Crippen molar-refractivity contribution in [3.05, 3.63) is 70.8 Å². The maximum Gasteiger partial charge on any atom is 0.208 e. The molecule has 0 unspecified atom stereocenters. The van der Waals surface area contributed by atoms with E-state index in [0.29, 0.717) is 22.4 Å². The molecule has 9 heteroatoms. The van der Waals surface area contributed by atoms with Crippen molar-refractivity contribution in [3.8, 4) is 23.0 Å². The van der Waals surface area contributed by atoms with E-state index in [1.54, 1.807) is 30.3 Å².